The van der Waals surface area contributed by atoms with Crippen LogP contribution >= 0.6 is 0 Å². The van der Waals surface area contributed by atoms with Gasteiger partial charge in [-0.2, -0.15) is 0 Å². The lowest BCUT2D eigenvalue weighted by atomic mass is 10.1. The van der Waals surface area contributed by atoms with E-state index in [9.17, 15) is 0 Å². The summed E-state index contributed by atoms with van der Waals surface area (Å²) in [5.74, 6) is 0.0964. The molecule has 0 aliphatic rings. The van der Waals surface area contributed by atoms with E-state index in [0.29, 0.717) is 6.04 Å². The molecule has 4 nitrogen and oxygen atoms in total. The molecule has 0 radical (unpaired) electrons. The molecule has 0 spiro atoms. The van der Waals surface area contributed by atoms with Gasteiger partial charge in [0, 0.05) is 24.3 Å². The van der Waals surface area contributed by atoms with Crippen LogP contribution in [0, 0.1) is 5.41 Å². The smallest absolute Gasteiger partial charge is 0.125 e. The number of hydrogen-bond acceptors (Lipinski definition) is 3. The molecule has 4 heteroatoms. The van der Waals surface area contributed by atoms with Crippen LogP contribution in [0.15, 0.2) is 18.5 Å². The molecule has 1 aromatic heterocycles. The fourth-order valence-corrected chi connectivity index (χ4v) is 1.78. The van der Waals surface area contributed by atoms with E-state index in [1.54, 1.807) is 18.5 Å². The molecule has 0 aliphatic carbocycles. The third kappa shape index (κ3) is 2.51. The minimum absolute atomic E-state index is 0.0964. The number of nitrogens with one attached hydrogen (secondary N) is 1. The first-order chi connectivity index (χ1) is 7.61. The normalized spacial score (nSPS) is 12.2. The van der Waals surface area contributed by atoms with E-state index in [1.807, 2.05) is 0 Å². The number of nitrogen functional groups attached to an aromatic ring is 1. The molecular weight excluding hydrogens is 200 g/mol. The number of pyridine rings is 1. The van der Waals surface area contributed by atoms with Crippen molar-refractivity contribution in [1.29, 1.82) is 5.41 Å². The van der Waals surface area contributed by atoms with Gasteiger partial charge in [-0.05, 0) is 26.3 Å². The lowest BCUT2D eigenvalue weighted by Gasteiger charge is -2.30. The molecule has 1 aromatic rings. The Morgan fingerprint density at radius 3 is 2.75 bits per heavy atom. The van der Waals surface area contributed by atoms with Gasteiger partial charge >= 0.3 is 0 Å². The van der Waals surface area contributed by atoms with Gasteiger partial charge in [-0.25, -0.2) is 0 Å². The van der Waals surface area contributed by atoms with Crippen molar-refractivity contribution >= 4 is 11.5 Å². The third-order valence-electron chi connectivity index (χ3n) is 2.86. The zero-order valence-electron chi connectivity index (χ0n) is 10.2. The minimum Gasteiger partial charge on any atom is -0.384 e. The molecule has 0 amide bonds. The highest BCUT2D eigenvalue weighted by atomic mass is 15.2. The topological polar surface area (TPSA) is 66.0 Å². The van der Waals surface area contributed by atoms with Gasteiger partial charge in [-0.15, -0.1) is 0 Å². The summed E-state index contributed by atoms with van der Waals surface area (Å²) in [7, 11) is 0. The molecule has 1 atom stereocenters. The van der Waals surface area contributed by atoms with Gasteiger partial charge in [0.2, 0.25) is 0 Å². The summed E-state index contributed by atoms with van der Waals surface area (Å²) in [4.78, 5) is 6.35. The van der Waals surface area contributed by atoms with E-state index in [1.165, 1.54) is 0 Å². The Hall–Kier alpha value is -1.58. The number of amidine groups is 1. The molecule has 0 saturated carbocycles. The highest BCUT2D eigenvalue weighted by Crippen LogP contribution is 2.21. The van der Waals surface area contributed by atoms with E-state index in [4.69, 9.17) is 11.1 Å². The predicted octanol–water partition coefficient (Wildman–Crippen LogP) is 1.99. The molecular formula is C12H20N4. The summed E-state index contributed by atoms with van der Waals surface area (Å²) in [6.07, 6.45) is 4.51. The van der Waals surface area contributed by atoms with Gasteiger partial charge in [0.1, 0.15) is 5.84 Å². The van der Waals surface area contributed by atoms with Crippen LogP contribution < -0.4 is 10.6 Å². The van der Waals surface area contributed by atoms with Gasteiger partial charge < -0.3 is 10.6 Å². The Bertz CT molecular complexity index is 362. The van der Waals surface area contributed by atoms with E-state index < -0.39 is 0 Å². The fourth-order valence-electron chi connectivity index (χ4n) is 1.78. The Balaban J connectivity index is 3.14. The maximum absolute atomic E-state index is 7.57. The van der Waals surface area contributed by atoms with Gasteiger partial charge in [-0.1, -0.05) is 6.92 Å². The van der Waals surface area contributed by atoms with Crippen molar-refractivity contribution in [3.63, 3.8) is 0 Å². The Morgan fingerprint density at radius 1 is 1.56 bits per heavy atom. The summed E-state index contributed by atoms with van der Waals surface area (Å²) in [5, 5.41) is 7.57. The average molecular weight is 220 g/mol. The maximum atomic E-state index is 7.57. The van der Waals surface area contributed by atoms with Gasteiger partial charge in [0.25, 0.3) is 0 Å². The van der Waals surface area contributed by atoms with Crippen molar-refractivity contribution < 1.29 is 0 Å². The summed E-state index contributed by atoms with van der Waals surface area (Å²) in [5.41, 5.74) is 7.29. The van der Waals surface area contributed by atoms with Crippen molar-refractivity contribution in [2.45, 2.75) is 33.2 Å². The number of nitrogens with two attached hydrogens (primary N) is 1. The van der Waals surface area contributed by atoms with Crippen LogP contribution in [0.3, 0.4) is 0 Å². The fraction of sp³-hybridized carbons (Fsp3) is 0.500. The van der Waals surface area contributed by atoms with Crippen LogP contribution in [0.1, 0.15) is 32.8 Å². The van der Waals surface area contributed by atoms with Crippen LogP contribution in [-0.2, 0) is 0 Å². The Morgan fingerprint density at radius 2 is 2.25 bits per heavy atom. The molecule has 0 aromatic carbocycles. The number of nitrogens with zero attached hydrogens (tertiary/aromatic N) is 2. The first-order valence-corrected chi connectivity index (χ1v) is 5.66. The van der Waals surface area contributed by atoms with Crippen LogP contribution in [0.2, 0.25) is 0 Å². The highest BCUT2D eigenvalue weighted by Gasteiger charge is 2.15. The second-order valence-electron chi connectivity index (χ2n) is 3.85. The monoisotopic (exact) mass is 220 g/mol. The zero-order chi connectivity index (χ0) is 12.1. The molecule has 3 N–H and O–H groups in total. The SMILES string of the molecule is CCC(C)N(CC)c1cnccc1C(=N)N. The van der Waals surface area contributed by atoms with Crippen LogP contribution in [0.5, 0.6) is 0 Å². The van der Waals surface area contributed by atoms with E-state index in [2.05, 4.69) is 30.7 Å². The van der Waals surface area contributed by atoms with Crippen molar-refractivity contribution in [1.82, 2.24) is 4.98 Å². The summed E-state index contributed by atoms with van der Waals surface area (Å²) in [6, 6.07) is 2.22. The van der Waals surface area contributed by atoms with E-state index in [-0.39, 0.29) is 5.84 Å². The zero-order valence-corrected chi connectivity index (χ0v) is 10.2. The molecule has 16 heavy (non-hydrogen) atoms. The third-order valence-corrected chi connectivity index (χ3v) is 2.86. The predicted molar refractivity (Wildman–Crippen MR) is 68.0 cm³/mol. The lowest BCUT2D eigenvalue weighted by Crippen LogP contribution is -2.34. The second kappa shape index (κ2) is 5.49. The quantitative estimate of drug-likeness (QED) is 0.589. The molecule has 1 rings (SSSR count). The Labute approximate surface area is 97.0 Å². The van der Waals surface area contributed by atoms with Gasteiger partial charge in [0.05, 0.1) is 11.9 Å². The number of rotatable bonds is 5. The summed E-state index contributed by atoms with van der Waals surface area (Å²) < 4.78 is 0. The largest absolute Gasteiger partial charge is 0.384 e. The standard InChI is InChI=1S/C12H20N4/c1-4-9(3)16(5-2)11-8-15-7-6-10(11)12(13)14/h6-9H,4-5H2,1-3H3,(H3,13,14). The molecule has 0 fully saturated rings. The molecule has 88 valence electrons. The van der Waals surface area contributed by atoms with Crippen LogP contribution in [-0.4, -0.2) is 23.4 Å². The minimum atomic E-state index is 0.0964. The first kappa shape index (κ1) is 12.5. The van der Waals surface area contributed by atoms with Gasteiger partial charge in [-0.3, -0.25) is 10.4 Å². The molecule has 0 saturated heterocycles. The maximum Gasteiger partial charge on any atom is 0.125 e. The first-order valence-electron chi connectivity index (χ1n) is 5.66. The summed E-state index contributed by atoms with van der Waals surface area (Å²) >= 11 is 0. The molecule has 0 bridgehead atoms. The lowest BCUT2D eigenvalue weighted by molar-refractivity contribution is 0.628. The highest BCUT2D eigenvalue weighted by molar-refractivity contribution is 6.00. The van der Waals surface area contributed by atoms with Crippen molar-refractivity contribution in [2.75, 3.05) is 11.4 Å². The van der Waals surface area contributed by atoms with E-state index in [0.717, 1.165) is 24.2 Å². The Kier molecular flexibility index (Phi) is 4.28. The second-order valence-corrected chi connectivity index (χ2v) is 3.85. The number of aromatic nitrogens is 1. The molecule has 1 heterocycles. The van der Waals surface area contributed by atoms with E-state index >= 15 is 0 Å². The van der Waals surface area contributed by atoms with Crippen LogP contribution in [0.4, 0.5) is 5.69 Å². The summed E-state index contributed by atoms with van der Waals surface area (Å²) in [6.45, 7) is 7.31. The van der Waals surface area contributed by atoms with Crippen molar-refractivity contribution in [3.8, 4) is 0 Å². The van der Waals surface area contributed by atoms with Crippen molar-refractivity contribution in [3.05, 3.63) is 24.0 Å². The number of anilines is 1. The van der Waals surface area contributed by atoms with Gasteiger partial charge in [0.15, 0.2) is 0 Å². The molecule has 0 aliphatic heterocycles. The number of hydrogen-bond donors (Lipinski definition) is 2. The molecule has 1 unspecified atom stereocenters. The van der Waals surface area contributed by atoms with Crippen molar-refractivity contribution in [2.24, 2.45) is 5.73 Å². The average Bonchev–Trinajstić information content (AvgIpc) is 2.30. The van der Waals surface area contributed by atoms with Crippen LogP contribution in [0.25, 0.3) is 0 Å².